The van der Waals surface area contributed by atoms with Crippen molar-refractivity contribution in [1.82, 2.24) is 20.0 Å². The smallest absolute Gasteiger partial charge is 0.271 e. The number of piperazine rings is 1. The number of hydrogen-bond acceptors (Lipinski definition) is 3. The predicted molar refractivity (Wildman–Crippen MR) is 107 cm³/mol. The zero-order valence-electron chi connectivity index (χ0n) is 14.9. The highest BCUT2D eigenvalue weighted by Gasteiger charge is 2.23. The van der Waals surface area contributed by atoms with Gasteiger partial charge in [0, 0.05) is 43.3 Å². The van der Waals surface area contributed by atoms with E-state index in [9.17, 15) is 4.79 Å². The van der Waals surface area contributed by atoms with E-state index in [1.807, 2.05) is 35.2 Å². The minimum atomic E-state index is -0.00450. The maximum absolute atomic E-state index is 12.8. The van der Waals surface area contributed by atoms with Crippen LogP contribution in [0.3, 0.4) is 0 Å². The number of nitrogens with one attached hydrogen (secondary N) is 1. The van der Waals surface area contributed by atoms with Gasteiger partial charge in [0.1, 0.15) is 5.69 Å². The highest BCUT2D eigenvalue weighted by Crippen LogP contribution is 2.22. The molecule has 138 valence electrons. The molecular weight excluding hydrogens is 360 g/mol. The van der Waals surface area contributed by atoms with Crippen LogP contribution in [0.5, 0.6) is 0 Å². The van der Waals surface area contributed by atoms with E-state index >= 15 is 0 Å². The van der Waals surface area contributed by atoms with Crippen LogP contribution in [0.1, 0.15) is 16.1 Å². The van der Waals surface area contributed by atoms with Gasteiger partial charge in [-0.1, -0.05) is 54.1 Å². The molecule has 5 nitrogen and oxygen atoms in total. The molecule has 0 atom stereocenters. The second-order valence-corrected chi connectivity index (χ2v) is 7.17. The Labute approximate surface area is 163 Å². The maximum atomic E-state index is 12.8. The maximum Gasteiger partial charge on any atom is 0.271 e. The molecule has 0 radical (unpaired) electrons. The number of halogens is 1. The Morgan fingerprint density at radius 2 is 1.78 bits per heavy atom. The van der Waals surface area contributed by atoms with Crippen molar-refractivity contribution in [3.63, 3.8) is 0 Å². The van der Waals surface area contributed by atoms with Gasteiger partial charge >= 0.3 is 0 Å². The number of hydrogen-bond donors (Lipinski definition) is 1. The quantitative estimate of drug-likeness (QED) is 0.751. The number of carbonyl (C=O) groups is 1. The Balaban J connectivity index is 1.37. The third kappa shape index (κ3) is 4.21. The van der Waals surface area contributed by atoms with E-state index in [0.717, 1.165) is 44.0 Å². The van der Waals surface area contributed by atoms with Gasteiger partial charge in [0.2, 0.25) is 0 Å². The average Bonchev–Trinajstić information content (AvgIpc) is 3.19. The lowest BCUT2D eigenvalue weighted by Gasteiger charge is -2.34. The van der Waals surface area contributed by atoms with Crippen LogP contribution in [0.25, 0.3) is 11.3 Å². The van der Waals surface area contributed by atoms with Gasteiger partial charge in [0.25, 0.3) is 5.91 Å². The highest BCUT2D eigenvalue weighted by atomic mass is 35.5. The second kappa shape index (κ2) is 7.94. The summed E-state index contributed by atoms with van der Waals surface area (Å²) in [6, 6.07) is 19.7. The monoisotopic (exact) mass is 380 g/mol. The Bertz CT molecular complexity index is 917. The van der Waals surface area contributed by atoms with E-state index in [1.165, 1.54) is 5.56 Å². The van der Waals surface area contributed by atoms with Crippen LogP contribution in [0.4, 0.5) is 0 Å². The lowest BCUT2D eigenvalue weighted by atomic mass is 10.1. The molecule has 0 spiro atoms. The summed E-state index contributed by atoms with van der Waals surface area (Å²) in [5.41, 5.74) is 3.44. The molecule has 6 heteroatoms. The average molecular weight is 381 g/mol. The minimum absolute atomic E-state index is 0.00450. The van der Waals surface area contributed by atoms with Crippen LogP contribution >= 0.6 is 11.6 Å². The Hall–Kier alpha value is -2.63. The number of carbonyl (C=O) groups excluding carboxylic acids is 1. The molecule has 1 fully saturated rings. The van der Waals surface area contributed by atoms with Gasteiger partial charge in [-0.15, -0.1) is 0 Å². The first kappa shape index (κ1) is 17.8. The molecule has 4 rings (SSSR count). The zero-order valence-corrected chi connectivity index (χ0v) is 15.7. The predicted octanol–water partition coefficient (Wildman–Crippen LogP) is 3.69. The Morgan fingerprint density at radius 3 is 2.52 bits per heavy atom. The molecule has 0 saturated carbocycles. The molecule has 1 aliphatic rings. The van der Waals surface area contributed by atoms with Crippen LogP contribution < -0.4 is 0 Å². The van der Waals surface area contributed by atoms with Crippen LogP contribution in [0, 0.1) is 0 Å². The first-order valence-corrected chi connectivity index (χ1v) is 9.44. The summed E-state index contributed by atoms with van der Waals surface area (Å²) in [4.78, 5) is 17.1. The van der Waals surface area contributed by atoms with Gasteiger partial charge in [-0.05, 0) is 23.8 Å². The zero-order chi connectivity index (χ0) is 18.6. The molecule has 0 unspecified atom stereocenters. The van der Waals surface area contributed by atoms with Gasteiger partial charge in [0.15, 0.2) is 0 Å². The summed E-state index contributed by atoms with van der Waals surface area (Å²) in [6.07, 6.45) is 0. The SMILES string of the molecule is O=C(c1cc(-c2cccc(Cl)c2)n[nH]1)N1CCN(Cc2ccccc2)CC1. The molecule has 1 aliphatic heterocycles. The Kier molecular flexibility index (Phi) is 5.23. The number of H-pyrrole nitrogens is 1. The number of aromatic nitrogens is 2. The van der Waals surface area contributed by atoms with Crippen molar-refractivity contribution in [2.45, 2.75) is 6.54 Å². The van der Waals surface area contributed by atoms with E-state index in [2.05, 4.69) is 39.4 Å². The molecule has 1 N–H and O–H groups in total. The molecule has 27 heavy (non-hydrogen) atoms. The molecule has 0 aliphatic carbocycles. The van der Waals surface area contributed by atoms with E-state index in [4.69, 9.17) is 11.6 Å². The third-order valence-electron chi connectivity index (χ3n) is 4.84. The lowest BCUT2D eigenvalue weighted by molar-refractivity contribution is 0.0622. The molecule has 3 aromatic rings. The molecule has 2 aromatic carbocycles. The lowest BCUT2D eigenvalue weighted by Crippen LogP contribution is -2.48. The highest BCUT2D eigenvalue weighted by molar-refractivity contribution is 6.30. The summed E-state index contributed by atoms with van der Waals surface area (Å²) < 4.78 is 0. The number of benzene rings is 2. The van der Waals surface area contributed by atoms with Crippen molar-refractivity contribution in [3.05, 3.63) is 76.9 Å². The van der Waals surface area contributed by atoms with E-state index in [1.54, 1.807) is 6.07 Å². The first-order valence-electron chi connectivity index (χ1n) is 9.06. The summed E-state index contributed by atoms with van der Waals surface area (Å²) in [5, 5.41) is 7.80. The van der Waals surface area contributed by atoms with Crippen molar-refractivity contribution >= 4 is 17.5 Å². The van der Waals surface area contributed by atoms with Crippen molar-refractivity contribution in [1.29, 1.82) is 0 Å². The van der Waals surface area contributed by atoms with Crippen LogP contribution in [0.15, 0.2) is 60.7 Å². The summed E-state index contributed by atoms with van der Waals surface area (Å²) in [5.74, 6) is -0.00450. The normalized spacial score (nSPS) is 15.1. The second-order valence-electron chi connectivity index (χ2n) is 6.73. The standard InChI is InChI=1S/C21H21ClN4O/c22-18-8-4-7-17(13-18)19-14-20(24-23-19)21(27)26-11-9-25(10-12-26)15-16-5-2-1-3-6-16/h1-8,13-14H,9-12,15H2,(H,23,24). The fourth-order valence-corrected chi connectivity index (χ4v) is 3.54. The number of amides is 1. The summed E-state index contributed by atoms with van der Waals surface area (Å²) >= 11 is 6.04. The summed E-state index contributed by atoms with van der Waals surface area (Å²) in [7, 11) is 0. The van der Waals surface area contributed by atoms with Gasteiger partial charge in [-0.2, -0.15) is 5.10 Å². The van der Waals surface area contributed by atoms with Crippen LogP contribution in [-0.2, 0) is 6.54 Å². The molecular formula is C21H21ClN4O. The van der Waals surface area contributed by atoms with E-state index in [0.29, 0.717) is 10.7 Å². The minimum Gasteiger partial charge on any atom is -0.335 e. The topological polar surface area (TPSA) is 52.2 Å². The molecule has 1 saturated heterocycles. The fraction of sp³-hybridized carbons (Fsp3) is 0.238. The van der Waals surface area contributed by atoms with Crippen LogP contribution in [0.2, 0.25) is 5.02 Å². The molecule has 1 amide bonds. The number of rotatable bonds is 4. The molecule has 2 heterocycles. The number of aromatic amines is 1. The third-order valence-corrected chi connectivity index (χ3v) is 5.07. The first-order chi connectivity index (χ1) is 13.2. The fourth-order valence-electron chi connectivity index (χ4n) is 3.35. The number of nitrogens with zero attached hydrogens (tertiary/aromatic N) is 3. The van der Waals surface area contributed by atoms with Crippen molar-refractivity contribution < 1.29 is 4.79 Å². The van der Waals surface area contributed by atoms with Gasteiger partial charge < -0.3 is 4.90 Å². The van der Waals surface area contributed by atoms with Crippen molar-refractivity contribution in [2.24, 2.45) is 0 Å². The van der Waals surface area contributed by atoms with E-state index in [-0.39, 0.29) is 5.91 Å². The van der Waals surface area contributed by atoms with Gasteiger partial charge in [-0.3, -0.25) is 14.8 Å². The van der Waals surface area contributed by atoms with Gasteiger partial charge in [-0.25, -0.2) is 0 Å². The van der Waals surface area contributed by atoms with E-state index < -0.39 is 0 Å². The van der Waals surface area contributed by atoms with Crippen LogP contribution in [-0.4, -0.2) is 52.1 Å². The largest absolute Gasteiger partial charge is 0.335 e. The Morgan fingerprint density at radius 1 is 1.00 bits per heavy atom. The molecule has 1 aromatic heterocycles. The molecule has 0 bridgehead atoms. The summed E-state index contributed by atoms with van der Waals surface area (Å²) in [6.45, 7) is 4.10. The van der Waals surface area contributed by atoms with Crippen molar-refractivity contribution in [2.75, 3.05) is 26.2 Å². The van der Waals surface area contributed by atoms with Crippen molar-refractivity contribution in [3.8, 4) is 11.3 Å². The van der Waals surface area contributed by atoms with Gasteiger partial charge in [0.05, 0.1) is 5.69 Å².